The van der Waals surface area contributed by atoms with Crippen molar-refractivity contribution in [2.45, 2.75) is 6.92 Å². The average Bonchev–Trinajstić information content (AvgIpc) is 2.04. The van der Waals surface area contributed by atoms with Crippen LogP contribution in [-0.2, 0) is 0 Å². The molecule has 0 unspecified atom stereocenters. The molecular formula is C7H8BNO3. The maximum absolute atomic E-state index is 10.4. The van der Waals surface area contributed by atoms with Crippen molar-refractivity contribution in [3.8, 4) is 0 Å². The molecule has 62 valence electrons. The van der Waals surface area contributed by atoms with E-state index in [2.05, 4.69) is 4.98 Å². The number of aromatic nitrogens is 1. The molecule has 0 radical (unpaired) electrons. The standard InChI is InChI=1S/C7H8BNO3/c1-5-2-6(8(11)12)7(4-10)9-3-5/h2-4,11-12H,1H3. The van der Waals surface area contributed by atoms with Gasteiger partial charge in [0.05, 0.1) is 0 Å². The minimum absolute atomic E-state index is 0.0654. The Balaban J connectivity index is 3.21. The van der Waals surface area contributed by atoms with E-state index in [9.17, 15) is 4.79 Å². The highest BCUT2D eigenvalue weighted by molar-refractivity contribution is 6.59. The molecule has 5 heteroatoms. The van der Waals surface area contributed by atoms with Crippen LogP contribution in [0.3, 0.4) is 0 Å². The van der Waals surface area contributed by atoms with Crippen molar-refractivity contribution >= 4 is 18.9 Å². The summed E-state index contributed by atoms with van der Waals surface area (Å²) in [5.41, 5.74) is 0.990. The lowest BCUT2D eigenvalue weighted by Crippen LogP contribution is -2.34. The van der Waals surface area contributed by atoms with Crippen LogP contribution in [0.2, 0.25) is 0 Å². The van der Waals surface area contributed by atoms with Gasteiger partial charge in [-0.1, -0.05) is 6.07 Å². The van der Waals surface area contributed by atoms with Crippen molar-refractivity contribution in [1.29, 1.82) is 0 Å². The molecule has 1 heterocycles. The minimum Gasteiger partial charge on any atom is -0.423 e. The minimum atomic E-state index is -1.64. The normalized spacial score (nSPS) is 9.58. The second-order valence-electron chi connectivity index (χ2n) is 2.48. The predicted octanol–water partition coefficient (Wildman–Crippen LogP) is -1.12. The first-order valence-electron chi connectivity index (χ1n) is 3.43. The van der Waals surface area contributed by atoms with Crippen molar-refractivity contribution in [1.82, 2.24) is 4.98 Å². The van der Waals surface area contributed by atoms with E-state index in [1.165, 1.54) is 12.3 Å². The van der Waals surface area contributed by atoms with Gasteiger partial charge in [0.2, 0.25) is 0 Å². The maximum Gasteiger partial charge on any atom is 0.490 e. The predicted molar refractivity (Wildman–Crippen MR) is 44.2 cm³/mol. The molecule has 0 amide bonds. The first kappa shape index (κ1) is 8.90. The Hall–Kier alpha value is -1.20. The highest BCUT2D eigenvalue weighted by Gasteiger charge is 2.16. The number of carbonyl (C=O) groups is 1. The van der Waals surface area contributed by atoms with Crippen LogP contribution in [0, 0.1) is 6.92 Å². The summed E-state index contributed by atoms with van der Waals surface area (Å²) in [4.78, 5) is 14.1. The van der Waals surface area contributed by atoms with Crippen molar-refractivity contribution < 1.29 is 14.8 Å². The first-order valence-corrected chi connectivity index (χ1v) is 3.43. The molecule has 0 atom stereocenters. The molecule has 0 saturated heterocycles. The molecule has 1 aromatic rings. The van der Waals surface area contributed by atoms with Gasteiger partial charge in [0.25, 0.3) is 0 Å². The second kappa shape index (κ2) is 3.47. The number of aryl methyl sites for hydroxylation is 1. The Morgan fingerprint density at radius 1 is 1.58 bits per heavy atom. The quantitative estimate of drug-likeness (QED) is 0.430. The van der Waals surface area contributed by atoms with E-state index in [0.717, 1.165) is 5.56 Å². The number of carbonyl (C=O) groups excluding carboxylic acids is 1. The molecule has 0 saturated carbocycles. The molecule has 0 spiro atoms. The third kappa shape index (κ3) is 1.69. The molecular weight excluding hydrogens is 157 g/mol. The first-order chi connectivity index (χ1) is 5.65. The molecule has 2 N–H and O–H groups in total. The highest BCUT2D eigenvalue weighted by atomic mass is 16.4. The number of aldehydes is 1. The van der Waals surface area contributed by atoms with E-state index in [1.807, 2.05) is 0 Å². The summed E-state index contributed by atoms with van der Waals surface area (Å²) in [6.07, 6.45) is 1.99. The second-order valence-corrected chi connectivity index (χ2v) is 2.48. The fourth-order valence-electron chi connectivity index (χ4n) is 0.908. The van der Waals surface area contributed by atoms with E-state index >= 15 is 0 Å². The van der Waals surface area contributed by atoms with E-state index in [0.29, 0.717) is 6.29 Å². The van der Waals surface area contributed by atoms with Crippen LogP contribution >= 0.6 is 0 Å². The zero-order valence-corrected chi connectivity index (χ0v) is 6.56. The Morgan fingerprint density at radius 2 is 2.25 bits per heavy atom. The number of rotatable bonds is 2. The van der Waals surface area contributed by atoms with Crippen LogP contribution in [0.4, 0.5) is 0 Å². The lowest BCUT2D eigenvalue weighted by atomic mass is 9.78. The Bertz CT molecular complexity index is 301. The van der Waals surface area contributed by atoms with Gasteiger partial charge in [0.1, 0.15) is 5.69 Å². The summed E-state index contributed by atoms with van der Waals surface area (Å²) in [6, 6.07) is 1.52. The molecule has 0 aromatic carbocycles. The van der Waals surface area contributed by atoms with Gasteiger partial charge in [-0.25, -0.2) is 0 Å². The van der Waals surface area contributed by atoms with Gasteiger partial charge < -0.3 is 10.0 Å². The third-order valence-electron chi connectivity index (χ3n) is 1.48. The van der Waals surface area contributed by atoms with Crippen molar-refractivity contribution in [3.63, 3.8) is 0 Å². The van der Waals surface area contributed by atoms with Crippen LogP contribution in [0.15, 0.2) is 12.3 Å². The van der Waals surface area contributed by atoms with E-state index in [1.54, 1.807) is 6.92 Å². The summed E-state index contributed by atoms with van der Waals surface area (Å²) in [5, 5.41) is 17.6. The molecule has 0 aliphatic heterocycles. The van der Waals surface area contributed by atoms with Gasteiger partial charge in [-0.2, -0.15) is 0 Å². The molecule has 1 rings (SSSR count). The van der Waals surface area contributed by atoms with Gasteiger partial charge >= 0.3 is 7.12 Å². The van der Waals surface area contributed by atoms with Crippen LogP contribution in [0.5, 0.6) is 0 Å². The molecule has 0 bridgehead atoms. The summed E-state index contributed by atoms with van der Waals surface area (Å²) in [6.45, 7) is 1.76. The Kier molecular flexibility index (Phi) is 2.57. The van der Waals surface area contributed by atoms with Gasteiger partial charge in [0.15, 0.2) is 6.29 Å². The molecule has 12 heavy (non-hydrogen) atoms. The maximum atomic E-state index is 10.4. The zero-order valence-electron chi connectivity index (χ0n) is 6.56. The van der Waals surface area contributed by atoms with Crippen molar-refractivity contribution in [2.75, 3.05) is 0 Å². The number of nitrogens with zero attached hydrogens (tertiary/aromatic N) is 1. The highest BCUT2D eigenvalue weighted by Crippen LogP contribution is 1.94. The molecule has 4 nitrogen and oxygen atoms in total. The smallest absolute Gasteiger partial charge is 0.423 e. The summed E-state index contributed by atoms with van der Waals surface area (Å²) < 4.78 is 0. The van der Waals surface area contributed by atoms with Crippen LogP contribution < -0.4 is 5.46 Å². The largest absolute Gasteiger partial charge is 0.490 e. The SMILES string of the molecule is Cc1cnc(C=O)c(B(O)O)c1. The summed E-state index contributed by atoms with van der Waals surface area (Å²) >= 11 is 0. The third-order valence-corrected chi connectivity index (χ3v) is 1.48. The number of hydrogen-bond acceptors (Lipinski definition) is 4. The summed E-state index contributed by atoms with van der Waals surface area (Å²) in [5.74, 6) is 0. The Morgan fingerprint density at radius 3 is 2.75 bits per heavy atom. The van der Waals surface area contributed by atoms with Gasteiger partial charge in [0, 0.05) is 11.7 Å². The van der Waals surface area contributed by atoms with Gasteiger partial charge in [-0.3, -0.25) is 9.78 Å². The summed E-state index contributed by atoms with van der Waals surface area (Å²) in [7, 11) is -1.64. The molecule has 0 fully saturated rings. The lowest BCUT2D eigenvalue weighted by Gasteiger charge is -2.02. The number of hydrogen-bond donors (Lipinski definition) is 2. The fourth-order valence-corrected chi connectivity index (χ4v) is 0.908. The monoisotopic (exact) mass is 165 g/mol. The lowest BCUT2D eigenvalue weighted by molar-refractivity contribution is 0.111. The van der Waals surface area contributed by atoms with Crippen LogP contribution in [0.1, 0.15) is 16.1 Å². The van der Waals surface area contributed by atoms with Crippen LogP contribution in [0.25, 0.3) is 0 Å². The van der Waals surface area contributed by atoms with Gasteiger partial charge in [-0.15, -0.1) is 0 Å². The molecule has 1 aromatic heterocycles. The zero-order chi connectivity index (χ0) is 9.14. The number of pyridine rings is 1. The molecule has 0 aliphatic rings. The van der Waals surface area contributed by atoms with Crippen LogP contribution in [-0.4, -0.2) is 28.4 Å². The Labute approximate surface area is 70.0 Å². The van der Waals surface area contributed by atoms with Crippen molar-refractivity contribution in [3.05, 3.63) is 23.5 Å². The fraction of sp³-hybridized carbons (Fsp3) is 0.143. The van der Waals surface area contributed by atoms with E-state index in [-0.39, 0.29) is 11.2 Å². The van der Waals surface area contributed by atoms with E-state index < -0.39 is 7.12 Å². The van der Waals surface area contributed by atoms with Crippen molar-refractivity contribution in [2.24, 2.45) is 0 Å². The average molecular weight is 165 g/mol. The topological polar surface area (TPSA) is 70.4 Å². The van der Waals surface area contributed by atoms with E-state index in [4.69, 9.17) is 10.0 Å². The van der Waals surface area contributed by atoms with Gasteiger partial charge in [-0.05, 0) is 12.5 Å². The molecule has 0 aliphatic carbocycles.